The van der Waals surface area contributed by atoms with Crippen molar-refractivity contribution < 1.29 is 31.8 Å². The van der Waals surface area contributed by atoms with Gasteiger partial charge in [0.15, 0.2) is 0 Å². The number of pyridine rings is 1. The first-order valence-corrected chi connectivity index (χ1v) is 4.90. The van der Waals surface area contributed by atoms with E-state index < -0.39 is 47.9 Å². The van der Waals surface area contributed by atoms with Crippen LogP contribution in [0.1, 0.15) is 11.1 Å². The summed E-state index contributed by atoms with van der Waals surface area (Å²) in [6, 6.07) is 0. The summed E-state index contributed by atoms with van der Waals surface area (Å²) in [5, 5.41) is 0. The first-order chi connectivity index (χ1) is 8.78. The van der Waals surface area contributed by atoms with Gasteiger partial charge in [0.2, 0.25) is 0 Å². The minimum absolute atomic E-state index is 0.490. The van der Waals surface area contributed by atoms with Crippen LogP contribution in [0.5, 0.6) is 5.75 Å². The average Bonchev–Trinajstić information content (AvgIpc) is 2.31. The first kappa shape index (κ1) is 15.0. The van der Waals surface area contributed by atoms with Gasteiger partial charge in [-0.3, -0.25) is 9.59 Å². The highest BCUT2D eigenvalue weighted by Crippen LogP contribution is 2.27. The van der Waals surface area contributed by atoms with E-state index in [0.717, 1.165) is 7.11 Å². The molecule has 0 atom stereocenters. The SMILES string of the molecule is COC(=O)Cc1c(OC(F)(F)F)c[nH]c(=O)c1CF. The van der Waals surface area contributed by atoms with Crippen LogP contribution in [0.25, 0.3) is 0 Å². The van der Waals surface area contributed by atoms with E-state index in [2.05, 4.69) is 9.47 Å². The molecule has 0 radical (unpaired) electrons. The van der Waals surface area contributed by atoms with Crippen molar-refractivity contribution in [3.63, 3.8) is 0 Å². The van der Waals surface area contributed by atoms with Gasteiger partial charge in [0.25, 0.3) is 5.56 Å². The molecule has 0 aliphatic carbocycles. The number of ether oxygens (including phenoxy) is 2. The van der Waals surface area contributed by atoms with Crippen LogP contribution in [0.15, 0.2) is 11.0 Å². The fourth-order valence-corrected chi connectivity index (χ4v) is 1.36. The number of aromatic nitrogens is 1. The molecular formula is C10H9F4NO4. The lowest BCUT2D eigenvalue weighted by Crippen LogP contribution is -2.23. The van der Waals surface area contributed by atoms with Crippen LogP contribution in [-0.2, 0) is 22.6 Å². The summed E-state index contributed by atoms with van der Waals surface area (Å²) in [6.07, 6.45) is -5.12. The van der Waals surface area contributed by atoms with Gasteiger partial charge in [0, 0.05) is 11.8 Å². The van der Waals surface area contributed by atoms with E-state index in [-0.39, 0.29) is 0 Å². The molecule has 9 heteroatoms. The van der Waals surface area contributed by atoms with E-state index >= 15 is 0 Å². The Labute approximate surface area is 104 Å². The number of methoxy groups -OCH3 is 1. The Morgan fingerprint density at radius 3 is 2.47 bits per heavy atom. The molecule has 19 heavy (non-hydrogen) atoms. The van der Waals surface area contributed by atoms with Crippen LogP contribution < -0.4 is 10.3 Å². The zero-order valence-electron chi connectivity index (χ0n) is 9.64. The second kappa shape index (κ2) is 5.72. The van der Waals surface area contributed by atoms with Crippen LogP contribution in [0, 0.1) is 0 Å². The normalized spacial score (nSPS) is 11.2. The second-order valence-electron chi connectivity index (χ2n) is 3.37. The molecule has 5 nitrogen and oxygen atoms in total. The molecule has 1 aromatic rings. The van der Waals surface area contributed by atoms with Crippen molar-refractivity contribution in [1.29, 1.82) is 0 Å². The van der Waals surface area contributed by atoms with Gasteiger partial charge in [0.05, 0.1) is 19.1 Å². The predicted molar refractivity (Wildman–Crippen MR) is 54.3 cm³/mol. The number of alkyl halides is 4. The number of aromatic amines is 1. The third kappa shape index (κ3) is 3.97. The highest BCUT2D eigenvalue weighted by atomic mass is 19.4. The molecule has 0 aliphatic heterocycles. The average molecular weight is 283 g/mol. The van der Waals surface area contributed by atoms with Crippen molar-refractivity contribution in [2.24, 2.45) is 0 Å². The van der Waals surface area contributed by atoms with E-state index in [9.17, 15) is 27.2 Å². The maximum Gasteiger partial charge on any atom is 0.573 e. The molecule has 0 bridgehead atoms. The van der Waals surface area contributed by atoms with Crippen LogP contribution in [0.4, 0.5) is 17.6 Å². The van der Waals surface area contributed by atoms with Gasteiger partial charge >= 0.3 is 12.3 Å². The summed E-state index contributed by atoms with van der Waals surface area (Å²) in [6.45, 7) is -1.34. The van der Waals surface area contributed by atoms with Gasteiger partial charge in [-0.1, -0.05) is 0 Å². The molecular weight excluding hydrogens is 274 g/mol. The molecule has 0 saturated heterocycles. The number of hydrogen-bond donors (Lipinski definition) is 1. The van der Waals surface area contributed by atoms with Gasteiger partial charge in [-0.2, -0.15) is 0 Å². The van der Waals surface area contributed by atoms with Crippen molar-refractivity contribution >= 4 is 5.97 Å². The fraction of sp³-hybridized carbons (Fsp3) is 0.400. The topological polar surface area (TPSA) is 68.4 Å². The zero-order valence-corrected chi connectivity index (χ0v) is 9.64. The monoisotopic (exact) mass is 283 g/mol. The Morgan fingerprint density at radius 2 is 2.00 bits per heavy atom. The minimum Gasteiger partial charge on any atom is -0.469 e. The van der Waals surface area contributed by atoms with Crippen molar-refractivity contribution in [1.82, 2.24) is 4.98 Å². The number of hydrogen-bond acceptors (Lipinski definition) is 4. The molecule has 0 amide bonds. The zero-order chi connectivity index (χ0) is 14.6. The van der Waals surface area contributed by atoms with Gasteiger partial charge in [0.1, 0.15) is 12.4 Å². The molecule has 1 heterocycles. The number of nitrogens with one attached hydrogen (secondary N) is 1. The molecule has 0 spiro atoms. The molecule has 0 aromatic carbocycles. The maximum absolute atomic E-state index is 12.7. The van der Waals surface area contributed by atoms with Gasteiger partial charge in [-0.15, -0.1) is 13.2 Å². The summed E-state index contributed by atoms with van der Waals surface area (Å²) >= 11 is 0. The van der Waals surface area contributed by atoms with Crippen molar-refractivity contribution in [2.45, 2.75) is 19.5 Å². The number of carbonyl (C=O) groups is 1. The highest BCUT2D eigenvalue weighted by Gasteiger charge is 2.33. The largest absolute Gasteiger partial charge is 0.573 e. The quantitative estimate of drug-likeness (QED) is 0.671. The van der Waals surface area contributed by atoms with Crippen LogP contribution in [0.2, 0.25) is 0 Å². The highest BCUT2D eigenvalue weighted by molar-refractivity contribution is 5.74. The lowest BCUT2D eigenvalue weighted by molar-refractivity contribution is -0.275. The summed E-state index contributed by atoms with van der Waals surface area (Å²) in [4.78, 5) is 24.3. The predicted octanol–water partition coefficient (Wildman–Crippen LogP) is 1.46. The second-order valence-corrected chi connectivity index (χ2v) is 3.37. The van der Waals surface area contributed by atoms with Gasteiger partial charge < -0.3 is 14.5 Å². The summed E-state index contributed by atoms with van der Waals surface area (Å²) < 4.78 is 57.1. The van der Waals surface area contributed by atoms with Gasteiger partial charge in [-0.25, -0.2) is 4.39 Å². The van der Waals surface area contributed by atoms with Crippen LogP contribution >= 0.6 is 0 Å². The van der Waals surface area contributed by atoms with E-state index in [1.807, 2.05) is 4.98 Å². The number of halogens is 4. The standard InChI is InChI=1S/C10H9F4NO4/c1-18-8(16)2-5-6(3-11)9(17)15-4-7(5)19-10(12,13)14/h4H,2-3H2,1H3,(H,15,17). The Morgan fingerprint density at radius 1 is 1.37 bits per heavy atom. The Kier molecular flexibility index (Phi) is 4.52. The number of carbonyl (C=O) groups excluding carboxylic acids is 1. The van der Waals surface area contributed by atoms with Crippen molar-refractivity contribution in [3.8, 4) is 5.75 Å². The number of H-pyrrole nitrogens is 1. The Bertz CT molecular complexity index is 523. The maximum atomic E-state index is 12.7. The minimum atomic E-state index is -5.03. The molecule has 0 unspecified atom stereocenters. The van der Waals surface area contributed by atoms with E-state index in [1.54, 1.807) is 0 Å². The Hall–Kier alpha value is -2.06. The van der Waals surface area contributed by atoms with Gasteiger partial charge in [-0.05, 0) is 0 Å². The first-order valence-electron chi connectivity index (χ1n) is 4.90. The van der Waals surface area contributed by atoms with Crippen molar-refractivity contribution in [2.75, 3.05) is 7.11 Å². The number of rotatable bonds is 4. The number of esters is 1. The molecule has 106 valence electrons. The van der Waals surface area contributed by atoms with E-state index in [1.165, 1.54) is 0 Å². The summed E-state index contributed by atoms with van der Waals surface area (Å²) in [5.74, 6) is -1.77. The Balaban J connectivity index is 3.29. The third-order valence-corrected chi connectivity index (χ3v) is 2.18. The van der Waals surface area contributed by atoms with E-state index in [4.69, 9.17) is 0 Å². The molecule has 0 aliphatic rings. The van der Waals surface area contributed by atoms with E-state index in [0.29, 0.717) is 6.20 Å². The summed E-state index contributed by atoms with van der Waals surface area (Å²) in [5.41, 5.74) is -2.03. The lowest BCUT2D eigenvalue weighted by Gasteiger charge is -2.14. The molecule has 1 aromatic heterocycles. The molecule has 1 N–H and O–H groups in total. The molecule has 0 fully saturated rings. The third-order valence-electron chi connectivity index (χ3n) is 2.18. The lowest BCUT2D eigenvalue weighted by atomic mass is 10.1. The molecule has 1 rings (SSSR count). The fourth-order valence-electron chi connectivity index (χ4n) is 1.36. The smallest absolute Gasteiger partial charge is 0.469 e. The van der Waals surface area contributed by atoms with Crippen molar-refractivity contribution in [3.05, 3.63) is 27.7 Å². The molecule has 0 saturated carbocycles. The van der Waals surface area contributed by atoms with Crippen LogP contribution in [-0.4, -0.2) is 24.4 Å². The summed E-state index contributed by atoms with van der Waals surface area (Å²) in [7, 11) is 1.01. The van der Waals surface area contributed by atoms with Crippen LogP contribution in [0.3, 0.4) is 0 Å².